The Balaban J connectivity index is 2.03. The zero-order chi connectivity index (χ0) is 12.5. The van der Waals surface area contributed by atoms with Crippen LogP contribution in [0.15, 0.2) is 28.9 Å². The molecule has 1 fully saturated rings. The summed E-state index contributed by atoms with van der Waals surface area (Å²) in [4.78, 5) is 2.30. The van der Waals surface area contributed by atoms with E-state index in [1.54, 1.807) is 6.07 Å². The summed E-state index contributed by atoms with van der Waals surface area (Å²) in [6.45, 7) is 2.12. The molecule has 0 atom stereocenters. The molecule has 5 nitrogen and oxygen atoms in total. The number of nitrogens with zero attached hydrogens (tertiary/aromatic N) is 2. The number of anilines is 2. The lowest BCUT2D eigenvalue weighted by Gasteiger charge is -2.18. The molecule has 5 heteroatoms. The Morgan fingerprint density at radius 1 is 1.22 bits per heavy atom. The standard InChI is InChI=1S/C13H15N3O2/c14-13-11(8-15-18-13)10-7-9(3-4-12(10)17)16-5-1-2-6-16/h3-4,7-8,17H,1-2,5-6,14H2. The molecule has 3 rings (SSSR count). The molecule has 1 aliphatic rings. The van der Waals surface area contributed by atoms with Gasteiger partial charge in [-0.3, -0.25) is 0 Å². The number of hydrogen-bond donors (Lipinski definition) is 2. The first-order valence-corrected chi connectivity index (χ1v) is 6.04. The molecule has 1 aliphatic heterocycles. The van der Waals surface area contributed by atoms with Crippen LogP contribution in [-0.2, 0) is 0 Å². The van der Waals surface area contributed by atoms with Gasteiger partial charge in [0.05, 0.1) is 11.8 Å². The number of benzene rings is 1. The van der Waals surface area contributed by atoms with E-state index in [9.17, 15) is 5.11 Å². The Morgan fingerprint density at radius 3 is 2.67 bits per heavy atom. The van der Waals surface area contributed by atoms with Crippen LogP contribution in [0, 0.1) is 0 Å². The summed E-state index contributed by atoms with van der Waals surface area (Å²) >= 11 is 0. The second-order valence-corrected chi connectivity index (χ2v) is 4.50. The number of nitrogen functional groups attached to an aromatic ring is 1. The third-order valence-electron chi connectivity index (χ3n) is 3.34. The maximum absolute atomic E-state index is 9.93. The second-order valence-electron chi connectivity index (χ2n) is 4.50. The van der Waals surface area contributed by atoms with Crippen LogP contribution in [0.2, 0.25) is 0 Å². The van der Waals surface area contributed by atoms with Crippen LogP contribution in [0.25, 0.3) is 11.1 Å². The maximum Gasteiger partial charge on any atom is 0.230 e. The van der Waals surface area contributed by atoms with Gasteiger partial charge in [0.25, 0.3) is 0 Å². The Labute approximate surface area is 105 Å². The SMILES string of the molecule is Nc1oncc1-c1cc(N2CCCC2)ccc1O. The topological polar surface area (TPSA) is 75.5 Å². The van der Waals surface area contributed by atoms with Crippen molar-refractivity contribution in [2.75, 3.05) is 23.7 Å². The van der Waals surface area contributed by atoms with Crippen molar-refractivity contribution in [3.05, 3.63) is 24.4 Å². The van der Waals surface area contributed by atoms with E-state index >= 15 is 0 Å². The van der Waals surface area contributed by atoms with Crippen molar-refractivity contribution in [1.82, 2.24) is 5.16 Å². The molecule has 0 aliphatic carbocycles. The van der Waals surface area contributed by atoms with E-state index in [2.05, 4.69) is 10.1 Å². The summed E-state index contributed by atoms with van der Waals surface area (Å²) in [7, 11) is 0. The molecule has 1 aromatic carbocycles. The predicted octanol–water partition coefficient (Wildman–Crippen LogP) is 2.23. The van der Waals surface area contributed by atoms with Gasteiger partial charge in [0, 0.05) is 24.3 Å². The summed E-state index contributed by atoms with van der Waals surface area (Å²) in [5, 5.41) is 13.6. The average molecular weight is 245 g/mol. The Hall–Kier alpha value is -2.17. The fraction of sp³-hybridized carbons (Fsp3) is 0.308. The van der Waals surface area contributed by atoms with E-state index in [0.29, 0.717) is 11.1 Å². The Bertz CT molecular complexity index is 559. The first kappa shape index (κ1) is 11.0. The Morgan fingerprint density at radius 2 is 2.00 bits per heavy atom. The fourth-order valence-electron chi connectivity index (χ4n) is 2.36. The first-order valence-electron chi connectivity index (χ1n) is 6.04. The van der Waals surface area contributed by atoms with Crippen molar-refractivity contribution in [2.24, 2.45) is 0 Å². The summed E-state index contributed by atoms with van der Waals surface area (Å²) in [6, 6.07) is 5.55. The van der Waals surface area contributed by atoms with Crippen molar-refractivity contribution < 1.29 is 9.63 Å². The van der Waals surface area contributed by atoms with Gasteiger partial charge in [0.1, 0.15) is 5.75 Å². The van der Waals surface area contributed by atoms with Crippen LogP contribution in [0.4, 0.5) is 11.6 Å². The molecule has 0 amide bonds. The quantitative estimate of drug-likeness (QED) is 0.848. The van der Waals surface area contributed by atoms with Crippen LogP contribution >= 0.6 is 0 Å². The van der Waals surface area contributed by atoms with Gasteiger partial charge >= 0.3 is 0 Å². The van der Waals surface area contributed by atoms with Crippen molar-refractivity contribution in [2.45, 2.75) is 12.8 Å². The minimum Gasteiger partial charge on any atom is -0.507 e. The third-order valence-corrected chi connectivity index (χ3v) is 3.34. The van der Waals surface area contributed by atoms with Crippen LogP contribution in [0.5, 0.6) is 5.75 Å². The number of aromatic hydroxyl groups is 1. The molecule has 1 aromatic heterocycles. The summed E-state index contributed by atoms with van der Waals surface area (Å²) < 4.78 is 4.84. The fourth-order valence-corrected chi connectivity index (χ4v) is 2.36. The number of rotatable bonds is 2. The number of hydrogen-bond acceptors (Lipinski definition) is 5. The molecule has 94 valence electrons. The number of phenols is 1. The van der Waals surface area contributed by atoms with Crippen LogP contribution in [-0.4, -0.2) is 23.4 Å². The highest BCUT2D eigenvalue weighted by molar-refractivity contribution is 5.79. The van der Waals surface area contributed by atoms with Crippen molar-refractivity contribution in [1.29, 1.82) is 0 Å². The maximum atomic E-state index is 9.93. The summed E-state index contributed by atoms with van der Waals surface area (Å²) in [5.74, 6) is 0.414. The monoisotopic (exact) mass is 245 g/mol. The summed E-state index contributed by atoms with van der Waals surface area (Å²) in [6.07, 6.45) is 3.95. The van der Waals surface area contributed by atoms with Gasteiger partial charge in [-0.15, -0.1) is 0 Å². The molecule has 0 spiro atoms. The zero-order valence-corrected chi connectivity index (χ0v) is 9.97. The van der Waals surface area contributed by atoms with Gasteiger partial charge in [0.15, 0.2) is 0 Å². The molecule has 0 saturated carbocycles. The van der Waals surface area contributed by atoms with E-state index in [1.807, 2.05) is 12.1 Å². The average Bonchev–Trinajstić information content (AvgIpc) is 3.01. The summed E-state index contributed by atoms with van der Waals surface area (Å²) in [5.41, 5.74) is 8.09. The van der Waals surface area contributed by atoms with E-state index in [-0.39, 0.29) is 11.6 Å². The van der Waals surface area contributed by atoms with Gasteiger partial charge in [-0.2, -0.15) is 0 Å². The van der Waals surface area contributed by atoms with Crippen molar-refractivity contribution >= 4 is 11.6 Å². The molecule has 0 radical (unpaired) electrons. The van der Waals surface area contributed by atoms with Gasteiger partial charge in [-0.25, -0.2) is 0 Å². The predicted molar refractivity (Wildman–Crippen MR) is 69.5 cm³/mol. The van der Waals surface area contributed by atoms with E-state index in [4.69, 9.17) is 10.3 Å². The van der Waals surface area contributed by atoms with E-state index in [1.165, 1.54) is 19.0 Å². The molecule has 18 heavy (non-hydrogen) atoms. The largest absolute Gasteiger partial charge is 0.507 e. The number of nitrogens with two attached hydrogens (primary N) is 1. The second kappa shape index (κ2) is 4.25. The van der Waals surface area contributed by atoms with Crippen LogP contribution in [0.1, 0.15) is 12.8 Å². The van der Waals surface area contributed by atoms with Crippen molar-refractivity contribution in [3.8, 4) is 16.9 Å². The minimum absolute atomic E-state index is 0.188. The Kier molecular flexibility index (Phi) is 2.59. The highest BCUT2D eigenvalue weighted by atomic mass is 16.5. The smallest absolute Gasteiger partial charge is 0.230 e. The number of aromatic nitrogens is 1. The highest BCUT2D eigenvalue weighted by Gasteiger charge is 2.16. The van der Waals surface area contributed by atoms with Gasteiger partial charge < -0.3 is 20.3 Å². The molecule has 1 saturated heterocycles. The lowest BCUT2D eigenvalue weighted by atomic mass is 10.1. The van der Waals surface area contributed by atoms with Crippen LogP contribution < -0.4 is 10.6 Å². The van der Waals surface area contributed by atoms with Gasteiger partial charge in [0.2, 0.25) is 5.88 Å². The number of phenolic OH excluding ortho intramolecular Hbond substituents is 1. The van der Waals surface area contributed by atoms with Gasteiger partial charge in [-0.1, -0.05) is 5.16 Å². The lowest BCUT2D eigenvalue weighted by Crippen LogP contribution is -2.17. The molecular formula is C13H15N3O2. The van der Waals surface area contributed by atoms with E-state index < -0.39 is 0 Å². The molecule has 0 bridgehead atoms. The molecular weight excluding hydrogens is 230 g/mol. The molecule has 3 N–H and O–H groups in total. The van der Waals surface area contributed by atoms with Gasteiger partial charge in [-0.05, 0) is 31.0 Å². The normalized spacial score (nSPS) is 15.2. The molecule has 2 heterocycles. The highest BCUT2D eigenvalue weighted by Crippen LogP contribution is 2.36. The zero-order valence-electron chi connectivity index (χ0n) is 9.97. The minimum atomic E-state index is 0.188. The molecule has 0 unspecified atom stereocenters. The van der Waals surface area contributed by atoms with E-state index in [0.717, 1.165) is 18.8 Å². The van der Waals surface area contributed by atoms with Crippen LogP contribution in [0.3, 0.4) is 0 Å². The van der Waals surface area contributed by atoms with Crippen molar-refractivity contribution in [3.63, 3.8) is 0 Å². The lowest BCUT2D eigenvalue weighted by molar-refractivity contribution is 0.436. The first-order chi connectivity index (χ1) is 8.75. The third kappa shape index (κ3) is 1.77. The molecule has 2 aromatic rings.